The van der Waals surface area contributed by atoms with E-state index in [1.165, 1.54) is 0 Å². The molecule has 1 N–H and O–H groups in total. The second kappa shape index (κ2) is 7.10. The van der Waals surface area contributed by atoms with E-state index >= 15 is 0 Å². The van der Waals surface area contributed by atoms with Gasteiger partial charge in [0.05, 0.1) is 0 Å². The van der Waals surface area contributed by atoms with Crippen molar-refractivity contribution in [2.45, 2.75) is 34.1 Å². The molecule has 0 atom stereocenters. The first-order valence-electron chi connectivity index (χ1n) is 5.40. The summed E-state index contributed by atoms with van der Waals surface area (Å²) >= 11 is 0. The molecule has 1 heteroatoms. The van der Waals surface area contributed by atoms with Gasteiger partial charge < -0.3 is 5.32 Å². The Balaban J connectivity index is 4.24. The van der Waals surface area contributed by atoms with Gasteiger partial charge in [-0.3, -0.25) is 0 Å². The topological polar surface area (TPSA) is 12.0 Å². The van der Waals surface area contributed by atoms with E-state index in [0.717, 1.165) is 23.4 Å². The van der Waals surface area contributed by atoms with E-state index in [4.69, 9.17) is 0 Å². The molecular weight excluding hydrogens is 182 g/mol. The maximum absolute atomic E-state index is 4.02. The minimum atomic E-state index is 0.658. The first-order valence-corrected chi connectivity index (χ1v) is 5.40. The molecular formula is C14H23N. The molecule has 0 saturated heterocycles. The van der Waals surface area contributed by atoms with Crippen molar-refractivity contribution >= 4 is 0 Å². The van der Waals surface area contributed by atoms with Crippen molar-refractivity contribution < 1.29 is 0 Å². The lowest BCUT2D eigenvalue weighted by Gasteiger charge is -2.06. The number of hydrogen-bond donors (Lipinski definition) is 1. The van der Waals surface area contributed by atoms with E-state index in [9.17, 15) is 0 Å². The third-order valence-electron chi connectivity index (χ3n) is 1.84. The lowest BCUT2D eigenvalue weighted by atomic mass is 10.0. The Kier molecular flexibility index (Phi) is 6.52. The summed E-state index contributed by atoms with van der Waals surface area (Å²) in [4.78, 5) is 0. The maximum Gasteiger partial charge on any atom is 0.0338 e. The predicted octanol–water partition coefficient (Wildman–Crippen LogP) is 4.17. The van der Waals surface area contributed by atoms with E-state index < -0.39 is 0 Å². The van der Waals surface area contributed by atoms with Gasteiger partial charge in [-0.1, -0.05) is 44.7 Å². The third-order valence-corrected chi connectivity index (χ3v) is 1.84. The smallest absolute Gasteiger partial charge is 0.0338 e. The Hall–Kier alpha value is -1.24. The molecule has 0 radical (unpaired) electrons. The Bertz CT molecular complexity index is 280. The zero-order valence-electron chi connectivity index (χ0n) is 10.4. The molecule has 0 unspecified atom stereocenters. The van der Waals surface area contributed by atoms with Crippen LogP contribution in [0.3, 0.4) is 0 Å². The lowest BCUT2D eigenvalue weighted by molar-refractivity contribution is 0.651. The summed E-state index contributed by atoms with van der Waals surface area (Å²) in [6.07, 6.45) is 7.17. The van der Waals surface area contributed by atoms with Crippen LogP contribution in [0.25, 0.3) is 0 Å². The van der Waals surface area contributed by atoms with E-state index in [-0.39, 0.29) is 0 Å². The quantitative estimate of drug-likeness (QED) is 0.642. The summed E-state index contributed by atoms with van der Waals surface area (Å²) in [7, 11) is 0. The Morgan fingerprint density at radius 1 is 1.27 bits per heavy atom. The fourth-order valence-electron chi connectivity index (χ4n) is 1.26. The van der Waals surface area contributed by atoms with Crippen LogP contribution in [0.5, 0.6) is 0 Å². The van der Waals surface area contributed by atoms with Crippen LogP contribution in [0.1, 0.15) is 34.1 Å². The fourth-order valence-corrected chi connectivity index (χ4v) is 1.26. The third kappa shape index (κ3) is 7.80. The molecule has 0 amide bonds. The average molecular weight is 205 g/mol. The van der Waals surface area contributed by atoms with Crippen LogP contribution in [-0.2, 0) is 0 Å². The van der Waals surface area contributed by atoms with E-state index in [2.05, 4.69) is 38.4 Å². The van der Waals surface area contributed by atoms with Crippen molar-refractivity contribution in [2.24, 2.45) is 5.92 Å². The first-order chi connectivity index (χ1) is 6.95. The average Bonchev–Trinajstić information content (AvgIpc) is 2.10. The predicted molar refractivity (Wildman–Crippen MR) is 69.4 cm³/mol. The van der Waals surface area contributed by atoms with Crippen LogP contribution in [0.2, 0.25) is 0 Å². The highest BCUT2D eigenvalue weighted by atomic mass is 14.9. The van der Waals surface area contributed by atoms with Gasteiger partial charge in [-0.2, -0.15) is 0 Å². The minimum absolute atomic E-state index is 0.658. The molecule has 0 heterocycles. The van der Waals surface area contributed by atoms with Crippen molar-refractivity contribution in [3.05, 3.63) is 48.4 Å². The van der Waals surface area contributed by atoms with E-state index in [1.54, 1.807) is 0 Å². The standard InChI is InChI=1S/C14H23N/c1-7-14(15-12(4)5)9-8-13(6)10-11(2)3/h7-9,11,15H,4,6,10H2,1-3,5H3/b9-8-,14-7+. The zero-order valence-corrected chi connectivity index (χ0v) is 10.4. The van der Waals surface area contributed by atoms with Crippen molar-refractivity contribution in [3.63, 3.8) is 0 Å². The molecule has 84 valence electrons. The highest BCUT2D eigenvalue weighted by Crippen LogP contribution is 2.10. The first kappa shape index (κ1) is 13.8. The molecule has 0 aliphatic heterocycles. The molecule has 0 spiro atoms. The van der Waals surface area contributed by atoms with Gasteiger partial charge in [-0.05, 0) is 32.3 Å². The van der Waals surface area contributed by atoms with Gasteiger partial charge in [-0.15, -0.1) is 0 Å². The van der Waals surface area contributed by atoms with Gasteiger partial charge in [0.25, 0.3) is 0 Å². The fraction of sp³-hybridized carbons (Fsp3) is 0.429. The number of hydrogen-bond acceptors (Lipinski definition) is 1. The highest BCUT2D eigenvalue weighted by Gasteiger charge is 1.95. The van der Waals surface area contributed by atoms with Crippen LogP contribution in [0.15, 0.2) is 48.4 Å². The van der Waals surface area contributed by atoms with Crippen molar-refractivity contribution in [2.75, 3.05) is 0 Å². The normalized spacial score (nSPS) is 12.2. The SMILES string of the molecule is C=C(/C=C\C(=C/C)NC(=C)C)CC(C)C. The summed E-state index contributed by atoms with van der Waals surface area (Å²) in [5.74, 6) is 0.658. The Labute approximate surface area is 94.3 Å². The van der Waals surface area contributed by atoms with Crippen molar-refractivity contribution in [3.8, 4) is 0 Å². The van der Waals surface area contributed by atoms with Gasteiger partial charge in [0.1, 0.15) is 0 Å². The second-order valence-electron chi connectivity index (χ2n) is 4.24. The second-order valence-corrected chi connectivity index (χ2v) is 4.24. The van der Waals surface area contributed by atoms with Gasteiger partial charge in [0, 0.05) is 11.4 Å². The number of rotatable bonds is 6. The van der Waals surface area contributed by atoms with Crippen LogP contribution >= 0.6 is 0 Å². The molecule has 0 rings (SSSR count). The molecule has 0 fully saturated rings. The Morgan fingerprint density at radius 2 is 1.87 bits per heavy atom. The Morgan fingerprint density at radius 3 is 2.27 bits per heavy atom. The number of allylic oxidation sites excluding steroid dienone is 5. The molecule has 0 aliphatic carbocycles. The summed E-state index contributed by atoms with van der Waals surface area (Å²) in [6, 6.07) is 0. The van der Waals surface area contributed by atoms with Crippen molar-refractivity contribution in [1.29, 1.82) is 0 Å². The summed E-state index contributed by atoms with van der Waals surface area (Å²) in [5.41, 5.74) is 3.17. The van der Waals surface area contributed by atoms with Gasteiger partial charge in [-0.25, -0.2) is 0 Å². The summed E-state index contributed by atoms with van der Waals surface area (Å²) < 4.78 is 0. The maximum atomic E-state index is 4.02. The number of nitrogens with one attached hydrogen (secondary N) is 1. The van der Waals surface area contributed by atoms with Gasteiger partial charge in [0.15, 0.2) is 0 Å². The van der Waals surface area contributed by atoms with Crippen LogP contribution in [0, 0.1) is 5.92 Å². The summed E-state index contributed by atoms with van der Waals surface area (Å²) in [6.45, 7) is 16.2. The molecule has 0 aliphatic rings. The van der Waals surface area contributed by atoms with Crippen molar-refractivity contribution in [1.82, 2.24) is 5.32 Å². The molecule has 0 aromatic heterocycles. The molecule has 0 bridgehead atoms. The van der Waals surface area contributed by atoms with Crippen LogP contribution in [0.4, 0.5) is 0 Å². The zero-order chi connectivity index (χ0) is 11.8. The van der Waals surface area contributed by atoms with Crippen LogP contribution < -0.4 is 5.32 Å². The van der Waals surface area contributed by atoms with E-state index in [1.807, 2.05) is 26.0 Å². The summed E-state index contributed by atoms with van der Waals surface area (Å²) in [5, 5.41) is 3.18. The monoisotopic (exact) mass is 205 g/mol. The van der Waals surface area contributed by atoms with Gasteiger partial charge in [0.2, 0.25) is 0 Å². The molecule has 0 aromatic rings. The van der Waals surface area contributed by atoms with E-state index in [0.29, 0.717) is 5.92 Å². The molecule has 1 nitrogen and oxygen atoms in total. The highest BCUT2D eigenvalue weighted by molar-refractivity contribution is 5.26. The van der Waals surface area contributed by atoms with Crippen LogP contribution in [-0.4, -0.2) is 0 Å². The lowest BCUT2D eigenvalue weighted by Crippen LogP contribution is -2.07. The molecule has 15 heavy (non-hydrogen) atoms. The minimum Gasteiger partial charge on any atom is -0.360 e. The van der Waals surface area contributed by atoms with Gasteiger partial charge >= 0.3 is 0 Å². The molecule has 0 saturated carbocycles. The largest absolute Gasteiger partial charge is 0.360 e. The molecule has 0 aromatic carbocycles.